The van der Waals surface area contributed by atoms with Crippen LogP contribution in [0.25, 0.3) is 0 Å². The largest absolute Gasteiger partial charge is 0.351 e. The molecule has 1 N–H and O–H groups in total. The van der Waals surface area contributed by atoms with Gasteiger partial charge in [-0.3, -0.25) is 9.59 Å². The number of para-hydroxylation sites is 1. The van der Waals surface area contributed by atoms with Crippen molar-refractivity contribution in [2.45, 2.75) is 6.42 Å². The van der Waals surface area contributed by atoms with E-state index in [0.29, 0.717) is 28.8 Å². The summed E-state index contributed by atoms with van der Waals surface area (Å²) in [5, 5.41) is 3.10. The number of Topliss-reactive ketones (excluding diaryl/α,β-unsaturated/α-hetero) is 2. The zero-order chi connectivity index (χ0) is 13.7. The molecule has 4 rings (SSSR count). The zero-order valence-corrected chi connectivity index (χ0v) is 10.6. The van der Waals surface area contributed by atoms with E-state index < -0.39 is 0 Å². The summed E-state index contributed by atoms with van der Waals surface area (Å²) in [7, 11) is 0. The lowest BCUT2D eigenvalue weighted by Crippen LogP contribution is -2.09. The third-order valence-corrected chi connectivity index (χ3v) is 3.86. The predicted molar refractivity (Wildman–Crippen MR) is 75.9 cm³/mol. The Morgan fingerprint density at radius 3 is 2.25 bits per heavy atom. The van der Waals surface area contributed by atoms with E-state index in [0.717, 1.165) is 11.3 Å². The van der Waals surface area contributed by atoms with Gasteiger partial charge < -0.3 is 5.32 Å². The van der Waals surface area contributed by atoms with Gasteiger partial charge >= 0.3 is 0 Å². The highest BCUT2D eigenvalue weighted by atomic mass is 16.1. The van der Waals surface area contributed by atoms with Crippen molar-refractivity contribution in [1.29, 1.82) is 0 Å². The number of fused-ring (bicyclic) bond motifs is 2. The monoisotopic (exact) mass is 261 g/mol. The Morgan fingerprint density at radius 1 is 0.800 bits per heavy atom. The molecule has 1 aliphatic carbocycles. The molecule has 0 unspecified atom stereocenters. The minimum atomic E-state index is -0.0863. The molecular formula is C17H11NO2. The van der Waals surface area contributed by atoms with Gasteiger partial charge in [-0.2, -0.15) is 0 Å². The number of carbonyl (C=O) groups is 2. The number of ketones is 2. The molecule has 0 fully saturated rings. The second-order valence-electron chi connectivity index (χ2n) is 5.02. The smallest absolute Gasteiger partial charge is 0.211 e. The van der Waals surface area contributed by atoms with Gasteiger partial charge in [-0.1, -0.05) is 36.4 Å². The summed E-state index contributed by atoms with van der Waals surface area (Å²) in [5.74, 6) is -0.124. The number of hydrogen-bond acceptors (Lipinski definition) is 3. The van der Waals surface area contributed by atoms with Crippen LogP contribution in [0.3, 0.4) is 0 Å². The zero-order valence-electron chi connectivity index (χ0n) is 10.6. The van der Waals surface area contributed by atoms with Crippen LogP contribution in [0.4, 0.5) is 5.69 Å². The Hall–Kier alpha value is -2.68. The highest BCUT2D eigenvalue weighted by Crippen LogP contribution is 2.34. The van der Waals surface area contributed by atoms with E-state index in [9.17, 15) is 9.59 Å². The summed E-state index contributed by atoms with van der Waals surface area (Å²) >= 11 is 0. The van der Waals surface area contributed by atoms with Gasteiger partial charge in [0, 0.05) is 28.8 Å². The second kappa shape index (κ2) is 3.90. The number of nitrogens with one attached hydrogen (secondary N) is 1. The van der Waals surface area contributed by atoms with Gasteiger partial charge in [-0.05, 0) is 17.7 Å². The summed E-state index contributed by atoms with van der Waals surface area (Å²) < 4.78 is 0. The molecule has 20 heavy (non-hydrogen) atoms. The molecule has 3 nitrogen and oxygen atoms in total. The van der Waals surface area contributed by atoms with Gasteiger partial charge in [-0.25, -0.2) is 0 Å². The molecule has 0 atom stereocenters. The van der Waals surface area contributed by atoms with Crippen molar-refractivity contribution >= 4 is 17.3 Å². The van der Waals surface area contributed by atoms with Crippen molar-refractivity contribution in [3.63, 3.8) is 0 Å². The fraction of sp³-hybridized carbons (Fsp3) is 0.0588. The van der Waals surface area contributed by atoms with Crippen LogP contribution in [0.15, 0.2) is 59.8 Å². The Morgan fingerprint density at radius 2 is 1.50 bits per heavy atom. The average molecular weight is 261 g/mol. The highest BCUT2D eigenvalue weighted by molar-refractivity contribution is 6.25. The Kier molecular flexibility index (Phi) is 2.18. The third-order valence-electron chi connectivity index (χ3n) is 3.86. The van der Waals surface area contributed by atoms with Crippen LogP contribution in [0, 0.1) is 0 Å². The number of allylic oxidation sites excluding steroid dienone is 2. The fourth-order valence-corrected chi connectivity index (χ4v) is 2.86. The lowest BCUT2D eigenvalue weighted by molar-refractivity contribution is 0.101. The maximum absolute atomic E-state index is 12.4. The summed E-state index contributed by atoms with van der Waals surface area (Å²) in [6.07, 6.45) is 0.525. The highest BCUT2D eigenvalue weighted by Gasteiger charge is 2.33. The van der Waals surface area contributed by atoms with Crippen LogP contribution < -0.4 is 5.32 Å². The van der Waals surface area contributed by atoms with Crippen LogP contribution in [-0.4, -0.2) is 11.6 Å². The first-order valence-electron chi connectivity index (χ1n) is 6.52. The molecule has 0 radical (unpaired) electrons. The molecule has 0 amide bonds. The fourth-order valence-electron chi connectivity index (χ4n) is 2.86. The first kappa shape index (κ1) is 11.2. The van der Waals surface area contributed by atoms with Gasteiger partial charge in [0.2, 0.25) is 5.78 Å². The maximum atomic E-state index is 12.4. The number of hydrogen-bond donors (Lipinski definition) is 1. The van der Waals surface area contributed by atoms with Crippen LogP contribution in [0.2, 0.25) is 0 Å². The van der Waals surface area contributed by atoms with Gasteiger partial charge in [-0.15, -0.1) is 0 Å². The molecule has 2 aliphatic rings. The Balaban J connectivity index is 1.85. The number of carbonyl (C=O) groups excluding carboxylic acids is 2. The normalized spacial score (nSPS) is 19.8. The molecule has 0 saturated heterocycles. The first-order valence-corrected chi connectivity index (χ1v) is 6.52. The molecule has 0 bridgehead atoms. The van der Waals surface area contributed by atoms with Gasteiger partial charge in [0.25, 0.3) is 0 Å². The molecule has 1 heterocycles. The number of anilines is 1. The minimum absolute atomic E-state index is 0.0377. The van der Waals surface area contributed by atoms with Crippen molar-refractivity contribution in [2.24, 2.45) is 0 Å². The van der Waals surface area contributed by atoms with Crippen molar-refractivity contribution in [1.82, 2.24) is 0 Å². The van der Waals surface area contributed by atoms with E-state index in [-0.39, 0.29) is 11.6 Å². The van der Waals surface area contributed by atoms with Crippen molar-refractivity contribution < 1.29 is 9.59 Å². The second-order valence-corrected chi connectivity index (χ2v) is 5.02. The standard InChI is InChI=1S/C17H11NO2/c19-16-11-6-2-1-5-10(11)9-13(16)15-17(20)12-7-3-4-8-14(12)18-15/h1-8,18H,9H2/b15-13-. The lowest BCUT2D eigenvalue weighted by atomic mass is 10.1. The maximum Gasteiger partial charge on any atom is 0.211 e. The minimum Gasteiger partial charge on any atom is -0.351 e. The van der Waals surface area contributed by atoms with Crippen LogP contribution in [0.1, 0.15) is 26.3 Å². The quantitative estimate of drug-likeness (QED) is 0.741. The van der Waals surface area contributed by atoms with Crippen molar-refractivity contribution in [3.8, 4) is 0 Å². The number of benzene rings is 2. The van der Waals surface area contributed by atoms with E-state index in [4.69, 9.17) is 0 Å². The van der Waals surface area contributed by atoms with E-state index in [2.05, 4.69) is 5.32 Å². The summed E-state index contributed by atoms with van der Waals surface area (Å²) in [4.78, 5) is 24.8. The molecule has 0 spiro atoms. The first-order chi connectivity index (χ1) is 9.75. The Bertz CT molecular complexity index is 735. The topological polar surface area (TPSA) is 46.2 Å². The lowest BCUT2D eigenvalue weighted by Gasteiger charge is -2.02. The molecule has 1 aliphatic heterocycles. The molecule has 96 valence electrons. The van der Waals surface area contributed by atoms with Crippen LogP contribution in [0.5, 0.6) is 0 Å². The molecule has 0 saturated carbocycles. The van der Waals surface area contributed by atoms with Gasteiger partial charge in [0.15, 0.2) is 5.78 Å². The molecule has 2 aromatic rings. The van der Waals surface area contributed by atoms with E-state index in [1.165, 1.54) is 0 Å². The molecule has 0 aromatic heterocycles. The summed E-state index contributed by atoms with van der Waals surface area (Å²) in [6, 6.07) is 14.9. The molecular weight excluding hydrogens is 250 g/mol. The van der Waals surface area contributed by atoms with Gasteiger partial charge in [0.05, 0.1) is 5.70 Å². The third kappa shape index (κ3) is 1.40. The average Bonchev–Trinajstić information content (AvgIpc) is 2.98. The summed E-state index contributed by atoms with van der Waals surface area (Å²) in [5.41, 5.74) is 4.13. The van der Waals surface area contributed by atoms with Crippen LogP contribution in [-0.2, 0) is 6.42 Å². The Labute approximate surface area is 115 Å². The number of rotatable bonds is 0. The summed E-state index contributed by atoms with van der Waals surface area (Å²) in [6.45, 7) is 0. The van der Waals surface area contributed by atoms with Gasteiger partial charge in [0.1, 0.15) is 0 Å². The van der Waals surface area contributed by atoms with Crippen molar-refractivity contribution in [3.05, 3.63) is 76.5 Å². The van der Waals surface area contributed by atoms with Crippen LogP contribution >= 0.6 is 0 Å². The molecule has 3 heteroatoms. The van der Waals surface area contributed by atoms with Crippen molar-refractivity contribution in [2.75, 3.05) is 5.32 Å². The van der Waals surface area contributed by atoms with E-state index in [1.807, 2.05) is 42.5 Å². The van der Waals surface area contributed by atoms with E-state index >= 15 is 0 Å². The molecule has 2 aromatic carbocycles. The SMILES string of the molecule is O=C1/C(=C2\Nc3ccccc3C2=O)Cc2ccccc21. The predicted octanol–water partition coefficient (Wildman–Crippen LogP) is 2.99. The van der Waals surface area contributed by atoms with E-state index in [1.54, 1.807) is 6.07 Å².